The Kier molecular flexibility index (Phi) is 3.72. The van der Waals surface area contributed by atoms with Crippen LogP contribution in [0.3, 0.4) is 0 Å². The summed E-state index contributed by atoms with van der Waals surface area (Å²) in [4.78, 5) is 0. The number of ether oxygens (including phenoxy) is 1. The van der Waals surface area contributed by atoms with Crippen LogP contribution in [0.5, 0.6) is 5.75 Å². The molecule has 3 nitrogen and oxygen atoms in total. The van der Waals surface area contributed by atoms with Gasteiger partial charge in [0.15, 0.2) is 0 Å². The number of hydrogen-bond acceptors (Lipinski definition) is 3. The molecule has 2 aliphatic rings. The predicted octanol–water partition coefficient (Wildman–Crippen LogP) is 3.91. The van der Waals surface area contributed by atoms with Gasteiger partial charge in [0.2, 0.25) is 0 Å². The lowest BCUT2D eigenvalue weighted by atomic mass is 9.90. The van der Waals surface area contributed by atoms with Gasteiger partial charge in [0.05, 0.1) is 11.8 Å². The summed E-state index contributed by atoms with van der Waals surface area (Å²) in [6.45, 7) is 0. The van der Waals surface area contributed by atoms with Gasteiger partial charge in [-0.1, -0.05) is 17.6 Å². The minimum absolute atomic E-state index is 0.366. The minimum atomic E-state index is 0.366. The Morgan fingerprint density at radius 3 is 2.68 bits per heavy atom. The van der Waals surface area contributed by atoms with Crippen molar-refractivity contribution in [2.75, 3.05) is 0 Å². The maximum Gasteiger partial charge on any atom is 0.120 e. The van der Waals surface area contributed by atoms with Gasteiger partial charge in [-0.25, -0.2) is 0 Å². The zero-order valence-corrected chi connectivity index (χ0v) is 11.3. The first-order valence-corrected chi connectivity index (χ1v) is 7.38. The van der Waals surface area contributed by atoms with E-state index in [-0.39, 0.29) is 0 Å². The van der Waals surface area contributed by atoms with E-state index in [9.17, 15) is 0 Å². The molecular formula is C16H21NO2. The lowest BCUT2D eigenvalue weighted by Crippen LogP contribution is -2.20. The topological polar surface area (TPSA) is 41.8 Å². The maximum atomic E-state index is 9.10. The van der Waals surface area contributed by atoms with Crippen molar-refractivity contribution in [3.63, 3.8) is 0 Å². The summed E-state index contributed by atoms with van der Waals surface area (Å²) in [6, 6.07) is 6.24. The van der Waals surface area contributed by atoms with Crippen LogP contribution in [0.25, 0.3) is 0 Å². The number of oxime groups is 1. The number of rotatable bonds is 2. The molecule has 0 radical (unpaired) electrons. The number of nitrogens with zero attached hydrogens (tertiary/aromatic N) is 1. The van der Waals surface area contributed by atoms with Crippen LogP contribution >= 0.6 is 0 Å². The lowest BCUT2D eigenvalue weighted by molar-refractivity contribution is 0.155. The molecule has 3 rings (SSSR count). The second-order valence-electron chi connectivity index (χ2n) is 5.60. The van der Waals surface area contributed by atoms with Crippen molar-refractivity contribution in [3.8, 4) is 5.75 Å². The predicted molar refractivity (Wildman–Crippen MR) is 75.2 cm³/mol. The zero-order chi connectivity index (χ0) is 13.1. The minimum Gasteiger partial charge on any atom is -0.490 e. The van der Waals surface area contributed by atoms with Crippen LogP contribution < -0.4 is 4.74 Å². The van der Waals surface area contributed by atoms with E-state index in [4.69, 9.17) is 9.94 Å². The van der Waals surface area contributed by atoms with Gasteiger partial charge in [0.1, 0.15) is 5.75 Å². The third kappa shape index (κ3) is 2.75. The third-order valence-corrected chi connectivity index (χ3v) is 4.23. The number of benzene rings is 1. The SMILES string of the molecule is O/N=C1/CCCc2ccc(OC3CCCCC3)cc21. The normalized spacial score (nSPS) is 22.2. The van der Waals surface area contributed by atoms with E-state index < -0.39 is 0 Å². The molecule has 0 bridgehead atoms. The van der Waals surface area contributed by atoms with Crippen molar-refractivity contribution in [1.29, 1.82) is 0 Å². The maximum absolute atomic E-state index is 9.10. The van der Waals surface area contributed by atoms with Crippen LogP contribution in [0.4, 0.5) is 0 Å². The third-order valence-electron chi connectivity index (χ3n) is 4.23. The van der Waals surface area contributed by atoms with Crippen LogP contribution in [0, 0.1) is 0 Å². The average Bonchev–Trinajstić information content (AvgIpc) is 2.47. The highest BCUT2D eigenvalue weighted by Gasteiger charge is 2.19. The summed E-state index contributed by atoms with van der Waals surface area (Å²) in [5.41, 5.74) is 3.15. The fourth-order valence-corrected chi connectivity index (χ4v) is 3.18. The van der Waals surface area contributed by atoms with E-state index in [1.54, 1.807) is 0 Å². The summed E-state index contributed by atoms with van der Waals surface area (Å²) < 4.78 is 6.08. The van der Waals surface area contributed by atoms with Crippen molar-refractivity contribution >= 4 is 5.71 Å². The summed E-state index contributed by atoms with van der Waals surface area (Å²) >= 11 is 0. The van der Waals surface area contributed by atoms with E-state index in [0.29, 0.717) is 6.10 Å². The van der Waals surface area contributed by atoms with Gasteiger partial charge < -0.3 is 9.94 Å². The molecule has 2 aliphatic carbocycles. The molecule has 1 aromatic rings. The van der Waals surface area contributed by atoms with E-state index in [1.807, 2.05) is 0 Å². The molecule has 0 aliphatic heterocycles. The van der Waals surface area contributed by atoms with Gasteiger partial charge in [-0.15, -0.1) is 0 Å². The van der Waals surface area contributed by atoms with Crippen molar-refractivity contribution in [2.24, 2.45) is 5.16 Å². The zero-order valence-electron chi connectivity index (χ0n) is 11.3. The Morgan fingerprint density at radius 1 is 1.05 bits per heavy atom. The fourth-order valence-electron chi connectivity index (χ4n) is 3.18. The Hall–Kier alpha value is -1.51. The fraction of sp³-hybridized carbons (Fsp3) is 0.562. The van der Waals surface area contributed by atoms with Crippen LogP contribution in [0.2, 0.25) is 0 Å². The first-order chi connectivity index (χ1) is 9.36. The highest BCUT2D eigenvalue weighted by Crippen LogP contribution is 2.28. The molecule has 0 unspecified atom stereocenters. The van der Waals surface area contributed by atoms with Gasteiger partial charge >= 0.3 is 0 Å². The van der Waals surface area contributed by atoms with Crippen LogP contribution in [0.1, 0.15) is 56.1 Å². The highest BCUT2D eigenvalue weighted by molar-refractivity contribution is 6.02. The van der Waals surface area contributed by atoms with Crippen molar-refractivity contribution in [3.05, 3.63) is 29.3 Å². The van der Waals surface area contributed by atoms with Crippen molar-refractivity contribution in [1.82, 2.24) is 0 Å². The molecule has 1 fully saturated rings. The van der Waals surface area contributed by atoms with Crippen LogP contribution in [-0.2, 0) is 6.42 Å². The van der Waals surface area contributed by atoms with Gasteiger partial charge in [-0.3, -0.25) is 0 Å². The average molecular weight is 259 g/mol. The molecule has 19 heavy (non-hydrogen) atoms. The monoisotopic (exact) mass is 259 g/mol. The Bertz CT molecular complexity index is 476. The molecule has 1 N–H and O–H groups in total. The summed E-state index contributed by atoms with van der Waals surface area (Å²) in [5.74, 6) is 0.925. The molecular weight excluding hydrogens is 238 g/mol. The second kappa shape index (κ2) is 5.64. The molecule has 0 heterocycles. The quantitative estimate of drug-likeness (QED) is 0.646. The molecule has 1 aromatic carbocycles. The van der Waals surface area contributed by atoms with Gasteiger partial charge in [-0.2, -0.15) is 0 Å². The summed E-state index contributed by atoms with van der Waals surface area (Å²) in [5, 5.41) is 12.5. The van der Waals surface area contributed by atoms with Gasteiger partial charge in [0, 0.05) is 5.56 Å². The van der Waals surface area contributed by atoms with Crippen LogP contribution in [0.15, 0.2) is 23.4 Å². The Balaban J connectivity index is 1.79. The van der Waals surface area contributed by atoms with Crippen molar-refractivity contribution < 1.29 is 9.94 Å². The smallest absolute Gasteiger partial charge is 0.120 e. The van der Waals surface area contributed by atoms with E-state index in [2.05, 4.69) is 23.4 Å². The van der Waals surface area contributed by atoms with E-state index in [0.717, 1.165) is 49.1 Å². The Morgan fingerprint density at radius 2 is 1.89 bits per heavy atom. The number of aryl methyl sites for hydroxylation is 1. The summed E-state index contributed by atoms with van der Waals surface area (Å²) in [6.07, 6.45) is 9.58. The summed E-state index contributed by atoms with van der Waals surface area (Å²) in [7, 11) is 0. The lowest BCUT2D eigenvalue weighted by Gasteiger charge is -2.24. The molecule has 0 spiro atoms. The molecule has 0 amide bonds. The molecule has 1 saturated carbocycles. The second-order valence-corrected chi connectivity index (χ2v) is 5.60. The van der Waals surface area contributed by atoms with E-state index in [1.165, 1.54) is 24.8 Å². The molecule has 0 atom stereocenters. The molecule has 0 aromatic heterocycles. The Labute approximate surface area is 114 Å². The standard InChI is InChI=1S/C16H21NO2/c18-17-16-8-4-5-12-9-10-14(11-15(12)16)19-13-6-2-1-3-7-13/h9-11,13,18H,1-8H2/b17-16-. The number of fused-ring (bicyclic) bond motifs is 1. The van der Waals surface area contributed by atoms with Crippen molar-refractivity contribution in [2.45, 2.75) is 57.5 Å². The number of hydrogen-bond donors (Lipinski definition) is 1. The highest BCUT2D eigenvalue weighted by atomic mass is 16.5. The largest absolute Gasteiger partial charge is 0.490 e. The first kappa shape index (κ1) is 12.5. The first-order valence-electron chi connectivity index (χ1n) is 7.38. The van der Waals surface area contributed by atoms with Crippen LogP contribution in [-0.4, -0.2) is 17.0 Å². The molecule has 0 saturated heterocycles. The molecule has 3 heteroatoms. The molecule has 102 valence electrons. The van der Waals surface area contributed by atoms with Gasteiger partial charge in [0.25, 0.3) is 0 Å². The van der Waals surface area contributed by atoms with Gasteiger partial charge in [-0.05, 0) is 62.6 Å². The van der Waals surface area contributed by atoms with E-state index >= 15 is 0 Å².